The Labute approximate surface area is 208 Å². The summed E-state index contributed by atoms with van der Waals surface area (Å²) in [4.78, 5) is 28.2. The maximum atomic E-state index is 13.4. The number of aliphatic hydroxyl groups excluding tert-OH is 1. The number of amides is 1. The van der Waals surface area contributed by atoms with Gasteiger partial charge in [-0.2, -0.15) is 0 Å². The largest absolute Gasteiger partial charge is 0.507 e. The Kier molecular flexibility index (Phi) is 6.01. The highest BCUT2D eigenvalue weighted by Crippen LogP contribution is 2.45. The highest BCUT2D eigenvalue weighted by Gasteiger charge is 2.47. The van der Waals surface area contributed by atoms with Crippen LogP contribution in [0.2, 0.25) is 0 Å². The standard InChI is InChI=1S/C28H25NO7/c1-4-34-20-7-5-6-17(13-20)25-24(26(30)18-8-10-21(33-3)16(2)12-18)27(31)28(32)29(25)19-9-11-22-23(14-19)36-15-35-22/h5-14,25,30H,4,15H2,1-3H3/b26-24+. The minimum atomic E-state index is -0.895. The second-order valence-corrected chi connectivity index (χ2v) is 8.40. The van der Waals surface area contributed by atoms with E-state index >= 15 is 0 Å². The number of aliphatic hydroxyl groups is 1. The Morgan fingerprint density at radius 2 is 1.86 bits per heavy atom. The van der Waals surface area contributed by atoms with Gasteiger partial charge in [-0.15, -0.1) is 0 Å². The Bertz CT molecular complexity index is 1390. The van der Waals surface area contributed by atoms with Crippen LogP contribution in [0.3, 0.4) is 0 Å². The van der Waals surface area contributed by atoms with Gasteiger partial charge in [-0.05, 0) is 67.4 Å². The van der Waals surface area contributed by atoms with Crippen molar-refractivity contribution in [3.8, 4) is 23.0 Å². The highest BCUT2D eigenvalue weighted by molar-refractivity contribution is 6.51. The number of carbonyl (C=O) groups excluding carboxylic acids is 2. The van der Waals surface area contributed by atoms with Gasteiger partial charge in [0.1, 0.15) is 17.3 Å². The number of carbonyl (C=O) groups is 2. The van der Waals surface area contributed by atoms with Crippen molar-refractivity contribution in [1.82, 2.24) is 0 Å². The molecule has 0 radical (unpaired) electrons. The van der Waals surface area contributed by atoms with Crippen LogP contribution in [0.25, 0.3) is 5.76 Å². The third-order valence-electron chi connectivity index (χ3n) is 6.23. The Morgan fingerprint density at radius 3 is 2.61 bits per heavy atom. The molecule has 1 amide bonds. The second kappa shape index (κ2) is 9.30. The summed E-state index contributed by atoms with van der Waals surface area (Å²) in [5.74, 6) is 0.452. The number of nitrogens with zero attached hydrogens (tertiary/aromatic N) is 1. The van der Waals surface area contributed by atoms with Crippen LogP contribution in [-0.4, -0.2) is 37.3 Å². The van der Waals surface area contributed by atoms with Crippen LogP contribution in [0, 0.1) is 6.92 Å². The lowest BCUT2D eigenvalue weighted by molar-refractivity contribution is -0.132. The molecule has 0 spiro atoms. The number of Topliss-reactive ketones (excluding diaryl/α,β-unsaturated/α-hetero) is 1. The van der Waals surface area contributed by atoms with Crippen LogP contribution in [0.4, 0.5) is 5.69 Å². The van der Waals surface area contributed by atoms with Gasteiger partial charge in [-0.3, -0.25) is 14.5 Å². The zero-order valence-corrected chi connectivity index (χ0v) is 20.1. The first-order valence-corrected chi connectivity index (χ1v) is 11.5. The fourth-order valence-corrected chi connectivity index (χ4v) is 4.57. The molecule has 8 heteroatoms. The summed E-state index contributed by atoms with van der Waals surface area (Å²) in [6, 6.07) is 16.4. The number of benzene rings is 3. The molecule has 2 heterocycles. The molecule has 1 N–H and O–H groups in total. The molecule has 2 aliphatic heterocycles. The summed E-state index contributed by atoms with van der Waals surface area (Å²) >= 11 is 0. The third kappa shape index (κ3) is 3.90. The number of aryl methyl sites for hydroxylation is 1. The molecular formula is C28H25NO7. The van der Waals surface area contributed by atoms with Crippen molar-refractivity contribution in [2.24, 2.45) is 0 Å². The third-order valence-corrected chi connectivity index (χ3v) is 6.23. The minimum absolute atomic E-state index is 0.0177. The van der Waals surface area contributed by atoms with Crippen LogP contribution >= 0.6 is 0 Å². The van der Waals surface area contributed by atoms with Gasteiger partial charge in [0.15, 0.2) is 11.5 Å². The zero-order chi connectivity index (χ0) is 25.4. The molecule has 36 heavy (non-hydrogen) atoms. The molecule has 1 saturated heterocycles. The maximum Gasteiger partial charge on any atom is 0.300 e. The van der Waals surface area contributed by atoms with Gasteiger partial charge in [0, 0.05) is 17.3 Å². The average Bonchev–Trinajstić information content (AvgIpc) is 3.45. The first kappa shape index (κ1) is 23.3. The fraction of sp³-hybridized carbons (Fsp3) is 0.214. The lowest BCUT2D eigenvalue weighted by Crippen LogP contribution is -2.29. The molecule has 1 unspecified atom stereocenters. The second-order valence-electron chi connectivity index (χ2n) is 8.40. The molecule has 8 nitrogen and oxygen atoms in total. The Morgan fingerprint density at radius 1 is 1.06 bits per heavy atom. The van der Waals surface area contributed by atoms with E-state index in [9.17, 15) is 14.7 Å². The number of rotatable bonds is 6. The number of anilines is 1. The van der Waals surface area contributed by atoms with Crippen LogP contribution in [0.15, 0.2) is 66.2 Å². The Balaban J connectivity index is 1.70. The van der Waals surface area contributed by atoms with Gasteiger partial charge < -0.3 is 24.1 Å². The number of ketones is 1. The number of hydrogen-bond acceptors (Lipinski definition) is 7. The highest BCUT2D eigenvalue weighted by atomic mass is 16.7. The molecule has 0 aromatic heterocycles. The van der Waals surface area contributed by atoms with Crippen LogP contribution < -0.4 is 23.8 Å². The lowest BCUT2D eigenvalue weighted by atomic mass is 9.94. The smallest absolute Gasteiger partial charge is 0.300 e. The van der Waals surface area contributed by atoms with Gasteiger partial charge in [0.2, 0.25) is 6.79 Å². The van der Waals surface area contributed by atoms with E-state index < -0.39 is 17.7 Å². The number of hydrogen-bond donors (Lipinski definition) is 1. The van der Waals surface area contributed by atoms with Gasteiger partial charge in [-0.1, -0.05) is 12.1 Å². The minimum Gasteiger partial charge on any atom is -0.507 e. The summed E-state index contributed by atoms with van der Waals surface area (Å²) < 4.78 is 21.9. The summed E-state index contributed by atoms with van der Waals surface area (Å²) in [5, 5.41) is 11.4. The van der Waals surface area contributed by atoms with Gasteiger partial charge >= 0.3 is 0 Å². The average molecular weight is 488 g/mol. The van der Waals surface area contributed by atoms with Crippen LogP contribution in [0.1, 0.15) is 29.7 Å². The normalized spacial score (nSPS) is 18.0. The molecule has 0 aliphatic carbocycles. The van der Waals surface area contributed by atoms with E-state index in [-0.39, 0.29) is 18.1 Å². The SMILES string of the molecule is CCOc1cccc(C2/C(=C(\O)c3ccc(OC)c(C)c3)C(=O)C(=O)N2c2ccc3c(c2)OCO3)c1. The van der Waals surface area contributed by atoms with Crippen molar-refractivity contribution in [1.29, 1.82) is 0 Å². The van der Waals surface area contributed by atoms with Gasteiger partial charge in [0.05, 0.1) is 25.3 Å². The van der Waals surface area contributed by atoms with E-state index in [1.165, 1.54) is 4.90 Å². The predicted molar refractivity (Wildman–Crippen MR) is 133 cm³/mol. The van der Waals surface area contributed by atoms with E-state index in [1.54, 1.807) is 67.8 Å². The Hall–Kier alpha value is -4.46. The van der Waals surface area contributed by atoms with E-state index in [1.807, 2.05) is 13.8 Å². The van der Waals surface area contributed by atoms with E-state index in [0.717, 1.165) is 5.56 Å². The van der Waals surface area contributed by atoms with Crippen LogP contribution in [-0.2, 0) is 9.59 Å². The first-order valence-electron chi connectivity index (χ1n) is 11.5. The summed E-state index contributed by atoms with van der Waals surface area (Å²) in [7, 11) is 1.56. The molecule has 5 rings (SSSR count). The van der Waals surface area contributed by atoms with Crippen LogP contribution in [0.5, 0.6) is 23.0 Å². The first-order chi connectivity index (χ1) is 17.4. The van der Waals surface area contributed by atoms with E-state index in [4.69, 9.17) is 18.9 Å². The predicted octanol–water partition coefficient (Wildman–Crippen LogP) is 4.76. The molecule has 0 bridgehead atoms. The number of fused-ring (bicyclic) bond motifs is 1. The summed E-state index contributed by atoms with van der Waals surface area (Å²) in [6.07, 6.45) is 0. The van der Waals surface area contributed by atoms with Crippen molar-refractivity contribution >= 4 is 23.1 Å². The van der Waals surface area contributed by atoms with Crippen molar-refractivity contribution < 1.29 is 33.6 Å². The number of methoxy groups -OCH3 is 1. The molecule has 184 valence electrons. The molecular weight excluding hydrogens is 462 g/mol. The molecule has 1 fully saturated rings. The molecule has 3 aromatic rings. The van der Waals surface area contributed by atoms with Crippen molar-refractivity contribution in [3.05, 3.63) is 82.9 Å². The van der Waals surface area contributed by atoms with E-state index in [0.29, 0.717) is 46.4 Å². The molecule has 3 aromatic carbocycles. The zero-order valence-electron chi connectivity index (χ0n) is 20.1. The quantitative estimate of drug-likeness (QED) is 0.304. The van der Waals surface area contributed by atoms with Gasteiger partial charge in [0.25, 0.3) is 11.7 Å². The number of ether oxygens (including phenoxy) is 4. The molecule has 0 saturated carbocycles. The van der Waals surface area contributed by atoms with Gasteiger partial charge in [-0.25, -0.2) is 0 Å². The monoisotopic (exact) mass is 487 g/mol. The maximum absolute atomic E-state index is 13.4. The van der Waals surface area contributed by atoms with E-state index in [2.05, 4.69) is 0 Å². The summed E-state index contributed by atoms with van der Waals surface area (Å²) in [6.45, 7) is 4.24. The van der Waals surface area contributed by atoms with Crippen molar-refractivity contribution in [2.75, 3.05) is 25.4 Å². The fourth-order valence-electron chi connectivity index (χ4n) is 4.57. The molecule has 1 atom stereocenters. The van der Waals surface area contributed by atoms with Crippen molar-refractivity contribution in [2.45, 2.75) is 19.9 Å². The lowest BCUT2D eigenvalue weighted by Gasteiger charge is -2.26. The molecule has 2 aliphatic rings. The summed E-state index contributed by atoms with van der Waals surface area (Å²) in [5.41, 5.74) is 2.22. The van der Waals surface area contributed by atoms with Crippen molar-refractivity contribution in [3.63, 3.8) is 0 Å². The topological polar surface area (TPSA) is 94.5 Å².